The molecule has 4 aliphatic heterocycles. The molecule has 13 heteroatoms. The van der Waals surface area contributed by atoms with Gasteiger partial charge in [0.15, 0.2) is 0 Å². The first-order valence-electron chi connectivity index (χ1n) is 16.0. The Morgan fingerprint density at radius 2 is 1.85 bits per heavy atom. The number of nitro groups is 1. The average Bonchev–Trinajstić information content (AvgIpc) is 3.59. The molecule has 1 aromatic carbocycles. The Morgan fingerprint density at radius 1 is 1.17 bits per heavy atom. The summed E-state index contributed by atoms with van der Waals surface area (Å²) < 4.78 is 11.5. The number of hydrogen-bond donors (Lipinski definition) is 1. The van der Waals surface area contributed by atoms with Crippen LogP contribution in [0.2, 0.25) is 0 Å². The number of ether oxygens (including phenoxy) is 2. The van der Waals surface area contributed by atoms with Crippen LogP contribution in [0, 0.1) is 22.0 Å². The second kappa shape index (κ2) is 13.6. The Morgan fingerprint density at radius 3 is 2.46 bits per heavy atom. The fourth-order valence-electron chi connectivity index (χ4n) is 6.68. The van der Waals surface area contributed by atoms with Gasteiger partial charge in [0, 0.05) is 47.8 Å². The van der Waals surface area contributed by atoms with Gasteiger partial charge in [-0.1, -0.05) is 6.92 Å². The lowest BCUT2D eigenvalue weighted by atomic mass is 9.79. The first-order valence-corrected chi connectivity index (χ1v) is 16.9. The molecule has 3 saturated heterocycles. The molecule has 4 heterocycles. The van der Waals surface area contributed by atoms with Crippen LogP contribution in [-0.2, 0) is 25.7 Å². The Bertz CT molecular complexity index is 1400. The summed E-state index contributed by atoms with van der Waals surface area (Å²) in [5, 5.41) is 21.3. The topological polar surface area (TPSA) is 143 Å². The zero-order valence-electron chi connectivity index (χ0n) is 27.1. The highest BCUT2D eigenvalue weighted by Gasteiger charge is 2.60. The van der Waals surface area contributed by atoms with Gasteiger partial charge in [0.2, 0.25) is 5.91 Å². The van der Waals surface area contributed by atoms with Crippen LogP contribution in [0.4, 0.5) is 10.5 Å². The maximum atomic E-state index is 13.6. The van der Waals surface area contributed by atoms with Crippen LogP contribution in [0.25, 0.3) is 0 Å². The van der Waals surface area contributed by atoms with Gasteiger partial charge in [-0.25, -0.2) is 9.59 Å². The smallest absolute Gasteiger partial charge is 0.410 e. The van der Waals surface area contributed by atoms with Crippen molar-refractivity contribution in [1.82, 2.24) is 14.7 Å². The Balaban J connectivity index is 1.37. The second-order valence-electron chi connectivity index (χ2n) is 13.6. The van der Waals surface area contributed by atoms with E-state index in [1.807, 2.05) is 27.7 Å². The van der Waals surface area contributed by atoms with Gasteiger partial charge >= 0.3 is 12.1 Å². The zero-order chi connectivity index (χ0) is 33.3. The van der Waals surface area contributed by atoms with E-state index in [9.17, 15) is 29.6 Å². The third-order valence-electron chi connectivity index (χ3n) is 8.99. The summed E-state index contributed by atoms with van der Waals surface area (Å²) in [7, 11) is 0. The third-order valence-corrected chi connectivity index (χ3v) is 10.5. The van der Waals surface area contributed by atoms with Gasteiger partial charge in [-0.3, -0.25) is 14.9 Å². The maximum absolute atomic E-state index is 13.6. The van der Waals surface area contributed by atoms with E-state index in [1.54, 1.807) is 11.8 Å². The SMILES string of the molecule is C[C@@H](O)[C@H]1C(=O)N2C(C(=O)OCc3ccc([N+](=O)[O-])cc3)=C(SC3CCC(/C=C/N4CCCC4)N(C(=O)OC(C)(C)C)C3)[C@H](C)[C@H]12. The Hall–Kier alpha value is -3.58. The zero-order valence-corrected chi connectivity index (χ0v) is 27.9. The van der Waals surface area contributed by atoms with Crippen LogP contribution in [-0.4, -0.2) is 91.4 Å². The van der Waals surface area contributed by atoms with Crippen LogP contribution in [0.3, 0.4) is 0 Å². The number of thioether (sulfide) groups is 1. The third kappa shape index (κ3) is 7.20. The fourth-order valence-corrected chi connectivity index (χ4v) is 8.17. The number of likely N-dealkylation sites (tertiary alicyclic amines) is 2. The monoisotopic (exact) mass is 656 g/mol. The van der Waals surface area contributed by atoms with Crippen molar-refractivity contribution < 1.29 is 33.9 Å². The number of non-ortho nitro benzene ring substituents is 1. The van der Waals surface area contributed by atoms with Crippen molar-refractivity contribution in [2.45, 2.75) is 95.9 Å². The minimum atomic E-state index is -0.876. The average molecular weight is 657 g/mol. The number of esters is 1. The number of hydrogen-bond acceptors (Lipinski definition) is 10. The summed E-state index contributed by atoms with van der Waals surface area (Å²) >= 11 is 1.49. The fraction of sp³-hybridized carbons (Fsp3) is 0.606. The number of carbonyl (C=O) groups is 3. The Labute approximate surface area is 273 Å². The molecule has 1 N–H and O–H groups in total. The molecule has 1 aromatic rings. The highest BCUT2D eigenvalue weighted by Crippen LogP contribution is 2.52. The summed E-state index contributed by atoms with van der Waals surface area (Å²) in [5.74, 6) is -1.85. The minimum absolute atomic E-state index is 0.0686. The predicted octanol–water partition coefficient (Wildman–Crippen LogP) is 4.82. The molecule has 0 saturated carbocycles. The van der Waals surface area contributed by atoms with Gasteiger partial charge in [-0.05, 0) is 83.4 Å². The second-order valence-corrected chi connectivity index (χ2v) is 14.9. The van der Waals surface area contributed by atoms with Gasteiger partial charge in [0.05, 0.1) is 29.0 Å². The number of aliphatic hydroxyl groups excluding tert-OH is 1. The van der Waals surface area contributed by atoms with Crippen LogP contribution >= 0.6 is 11.8 Å². The molecule has 250 valence electrons. The molecule has 2 amide bonds. The van der Waals surface area contributed by atoms with Crippen LogP contribution < -0.4 is 0 Å². The van der Waals surface area contributed by atoms with E-state index in [1.165, 1.54) is 40.9 Å². The molecule has 6 atom stereocenters. The number of nitro benzene ring substituents is 1. The van der Waals surface area contributed by atoms with Crippen LogP contribution in [0.5, 0.6) is 0 Å². The molecule has 0 bridgehead atoms. The van der Waals surface area contributed by atoms with E-state index in [-0.39, 0.29) is 47.2 Å². The largest absolute Gasteiger partial charge is 0.456 e. The molecular formula is C33H44N4O8S. The van der Waals surface area contributed by atoms with Gasteiger partial charge in [0.25, 0.3) is 5.69 Å². The van der Waals surface area contributed by atoms with Gasteiger partial charge < -0.3 is 29.3 Å². The van der Waals surface area contributed by atoms with E-state index in [4.69, 9.17) is 9.47 Å². The molecule has 0 aromatic heterocycles. The van der Waals surface area contributed by atoms with Gasteiger partial charge in [0.1, 0.15) is 17.9 Å². The number of β-lactam (4-membered cyclic amide) rings is 1. The van der Waals surface area contributed by atoms with E-state index in [0.717, 1.165) is 32.4 Å². The van der Waals surface area contributed by atoms with Crippen LogP contribution in [0.1, 0.15) is 65.9 Å². The van der Waals surface area contributed by atoms with Crippen molar-refractivity contribution in [2.24, 2.45) is 11.8 Å². The molecule has 0 radical (unpaired) electrons. The predicted molar refractivity (Wildman–Crippen MR) is 172 cm³/mol. The van der Waals surface area contributed by atoms with Crippen molar-refractivity contribution in [1.29, 1.82) is 0 Å². The normalized spacial score (nSPS) is 27.1. The Kier molecular flexibility index (Phi) is 10.0. The minimum Gasteiger partial charge on any atom is -0.456 e. The molecule has 5 rings (SSSR count). The summed E-state index contributed by atoms with van der Waals surface area (Å²) in [6, 6.07) is 5.23. The summed E-state index contributed by atoms with van der Waals surface area (Å²) in [6.07, 6.45) is 6.72. The van der Waals surface area contributed by atoms with E-state index >= 15 is 0 Å². The van der Waals surface area contributed by atoms with Gasteiger partial charge in [-0.15, -0.1) is 11.8 Å². The first kappa shape index (κ1) is 33.8. The lowest BCUT2D eigenvalue weighted by Crippen LogP contribution is -2.63. The maximum Gasteiger partial charge on any atom is 0.410 e. The number of aliphatic hydroxyl groups is 1. The molecule has 3 fully saturated rings. The molecule has 0 aliphatic carbocycles. The number of fused-ring (bicyclic) bond motifs is 1. The highest BCUT2D eigenvalue weighted by atomic mass is 32.2. The van der Waals surface area contributed by atoms with E-state index < -0.39 is 34.6 Å². The molecule has 2 unspecified atom stereocenters. The highest BCUT2D eigenvalue weighted by molar-refractivity contribution is 8.03. The quantitative estimate of drug-likeness (QED) is 0.170. The van der Waals surface area contributed by atoms with Gasteiger partial charge in [-0.2, -0.15) is 0 Å². The number of piperidine rings is 1. The summed E-state index contributed by atoms with van der Waals surface area (Å²) in [4.78, 5) is 57.0. The van der Waals surface area contributed by atoms with Crippen molar-refractivity contribution in [2.75, 3.05) is 19.6 Å². The molecule has 46 heavy (non-hydrogen) atoms. The number of amides is 2. The summed E-state index contributed by atoms with van der Waals surface area (Å²) in [5.41, 5.74) is 0.0142. The lowest BCUT2D eigenvalue weighted by molar-refractivity contribution is -0.384. The number of benzene rings is 1. The number of rotatable bonds is 9. The molecule has 12 nitrogen and oxygen atoms in total. The van der Waals surface area contributed by atoms with Crippen molar-refractivity contribution in [3.8, 4) is 0 Å². The number of nitrogens with zero attached hydrogens (tertiary/aromatic N) is 4. The molecule has 4 aliphatic rings. The van der Waals surface area contributed by atoms with Crippen molar-refractivity contribution in [3.63, 3.8) is 0 Å². The summed E-state index contributed by atoms with van der Waals surface area (Å²) in [6.45, 7) is 11.4. The standard InChI is InChI=1S/C33H44N4O8S/c1-20-27-26(21(2)38)30(39)36(27)28(31(40)44-19-22-8-10-24(11-9-22)37(42)43)29(20)46-25-13-12-23(14-17-34-15-6-7-16-34)35(18-25)32(41)45-33(3,4)5/h8-11,14,17,20-21,23,25-27,38H,6-7,12-13,15-16,18-19H2,1-5H3/b17-14+/t20-,21-,23?,25?,26-,27-/m1/s1. The molecular weight excluding hydrogens is 612 g/mol. The van der Waals surface area contributed by atoms with Crippen LogP contribution in [0.15, 0.2) is 47.1 Å². The van der Waals surface area contributed by atoms with E-state index in [2.05, 4.69) is 17.2 Å². The molecule has 0 spiro atoms. The van der Waals surface area contributed by atoms with Crippen molar-refractivity contribution in [3.05, 3.63) is 62.8 Å². The van der Waals surface area contributed by atoms with E-state index in [0.29, 0.717) is 23.4 Å². The van der Waals surface area contributed by atoms with Crippen molar-refractivity contribution >= 4 is 35.4 Å². The first-order chi connectivity index (χ1) is 21.7. The lowest BCUT2D eigenvalue weighted by Gasteiger charge is -2.46. The number of carbonyl (C=O) groups excluding carboxylic acids is 3.